The zero-order valence-electron chi connectivity index (χ0n) is 8.99. The van der Waals surface area contributed by atoms with Crippen molar-refractivity contribution in [3.8, 4) is 0 Å². The lowest BCUT2D eigenvalue weighted by molar-refractivity contribution is 0.917. The van der Waals surface area contributed by atoms with E-state index in [4.69, 9.17) is 0 Å². The molecule has 1 aromatic rings. The van der Waals surface area contributed by atoms with Crippen molar-refractivity contribution in [1.29, 1.82) is 0 Å². The van der Waals surface area contributed by atoms with Gasteiger partial charge < -0.3 is 0 Å². The Hall–Kier alpha value is -0.213. The molecule has 1 fully saturated rings. The Bertz CT molecular complexity index is 294. The van der Waals surface area contributed by atoms with Crippen LogP contribution in [0.5, 0.6) is 0 Å². The zero-order valence-corrected chi connectivity index (χ0v) is 10.8. The van der Waals surface area contributed by atoms with Crippen LogP contribution in [0.15, 0.2) is 35.2 Å². The smallest absolute Gasteiger partial charge is 0.0622 e. The first-order valence-corrected chi connectivity index (χ1v) is 9.57. The van der Waals surface area contributed by atoms with Gasteiger partial charge in [0.2, 0.25) is 0 Å². The summed E-state index contributed by atoms with van der Waals surface area (Å²) in [6, 6.07) is 12.4. The molecule has 0 aliphatic carbocycles. The van der Waals surface area contributed by atoms with Crippen LogP contribution < -0.4 is 0 Å². The molecule has 1 unspecified atom stereocenters. The molecular formula is C12H18SSi. The van der Waals surface area contributed by atoms with Crippen LogP contribution in [0, 0.1) is 0 Å². The number of rotatable bonds is 2. The normalized spacial score (nSPS) is 25.1. The lowest BCUT2D eigenvalue weighted by Gasteiger charge is -2.24. The van der Waals surface area contributed by atoms with Gasteiger partial charge >= 0.3 is 0 Å². The van der Waals surface area contributed by atoms with E-state index < -0.39 is 8.07 Å². The Morgan fingerprint density at radius 1 is 1.21 bits per heavy atom. The van der Waals surface area contributed by atoms with Gasteiger partial charge in [-0.2, -0.15) is 0 Å². The SMILES string of the molecule is C[Si]1(C)CCCC1Sc1ccccc1. The van der Waals surface area contributed by atoms with Crippen molar-refractivity contribution < 1.29 is 0 Å². The quantitative estimate of drug-likeness (QED) is 0.676. The summed E-state index contributed by atoms with van der Waals surface area (Å²) in [5, 5.41) is 0. The monoisotopic (exact) mass is 222 g/mol. The molecule has 2 rings (SSSR count). The molecule has 0 aromatic heterocycles. The van der Waals surface area contributed by atoms with Crippen LogP contribution in [0.25, 0.3) is 0 Å². The van der Waals surface area contributed by atoms with Gasteiger partial charge in [-0.3, -0.25) is 0 Å². The van der Waals surface area contributed by atoms with Gasteiger partial charge in [0.25, 0.3) is 0 Å². The molecule has 76 valence electrons. The number of benzene rings is 1. The first kappa shape index (κ1) is 10.3. The first-order chi connectivity index (χ1) is 6.68. The van der Waals surface area contributed by atoms with Gasteiger partial charge in [-0.25, -0.2) is 0 Å². The minimum Gasteiger partial charge on any atom is -0.126 e. The van der Waals surface area contributed by atoms with Gasteiger partial charge in [0.1, 0.15) is 0 Å². The number of hydrogen-bond acceptors (Lipinski definition) is 1. The third-order valence-electron chi connectivity index (χ3n) is 3.18. The van der Waals surface area contributed by atoms with E-state index in [0.717, 1.165) is 4.87 Å². The standard InChI is InChI=1S/C12H18SSi/c1-14(2)10-6-9-12(14)13-11-7-4-3-5-8-11/h3-5,7-8,12H,6,9-10H2,1-2H3. The first-order valence-electron chi connectivity index (χ1n) is 5.40. The second-order valence-electron chi connectivity index (χ2n) is 4.80. The minimum absolute atomic E-state index is 0.889. The van der Waals surface area contributed by atoms with Gasteiger partial charge in [-0.15, -0.1) is 11.8 Å². The Morgan fingerprint density at radius 2 is 1.93 bits per heavy atom. The molecule has 14 heavy (non-hydrogen) atoms. The highest BCUT2D eigenvalue weighted by atomic mass is 32.2. The van der Waals surface area contributed by atoms with Crippen LogP contribution in [0.4, 0.5) is 0 Å². The predicted octanol–water partition coefficient (Wildman–Crippen LogP) is 4.19. The summed E-state index contributed by atoms with van der Waals surface area (Å²) in [5.74, 6) is 0. The molecule has 1 aliphatic heterocycles. The summed E-state index contributed by atoms with van der Waals surface area (Å²) < 4.78 is 0. The summed E-state index contributed by atoms with van der Waals surface area (Å²) in [5.41, 5.74) is 0. The van der Waals surface area contributed by atoms with E-state index in [1.165, 1.54) is 23.8 Å². The fourth-order valence-corrected chi connectivity index (χ4v) is 7.56. The maximum absolute atomic E-state index is 2.54. The zero-order chi connectivity index (χ0) is 10.0. The summed E-state index contributed by atoms with van der Waals surface area (Å²) in [4.78, 5) is 2.41. The third-order valence-corrected chi connectivity index (χ3v) is 10.2. The van der Waals surface area contributed by atoms with Gasteiger partial charge in [-0.1, -0.05) is 43.8 Å². The van der Waals surface area contributed by atoms with Crippen molar-refractivity contribution >= 4 is 19.8 Å². The lowest BCUT2D eigenvalue weighted by atomic mass is 10.4. The molecule has 0 amide bonds. The van der Waals surface area contributed by atoms with E-state index in [9.17, 15) is 0 Å². The Kier molecular flexibility index (Phi) is 3.03. The fourth-order valence-electron chi connectivity index (χ4n) is 2.18. The van der Waals surface area contributed by atoms with Crippen molar-refractivity contribution in [2.75, 3.05) is 0 Å². The molecule has 1 aliphatic rings. The lowest BCUT2D eigenvalue weighted by Crippen LogP contribution is -2.33. The maximum atomic E-state index is 2.54. The molecule has 0 bridgehead atoms. The molecule has 1 atom stereocenters. The van der Waals surface area contributed by atoms with Crippen LogP contribution in [0.1, 0.15) is 12.8 Å². The van der Waals surface area contributed by atoms with Gasteiger partial charge in [0.05, 0.1) is 8.07 Å². The molecule has 0 N–H and O–H groups in total. The third kappa shape index (κ3) is 2.23. The summed E-state index contributed by atoms with van der Waals surface area (Å²) in [6.07, 6.45) is 2.91. The van der Waals surface area contributed by atoms with Gasteiger partial charge in [0, 0.05) is 9.77 Å². The molecule has 1 heterocycles. The maximum Gasteiger partial charge on any atom is 0.0622 e. The van der Waals surface area contributed by atoms with E-state index in [1.54, 1.807) is 0 Å². The van der Waals surface area contributed by atoms with Crippen LogP contribution >= 0.6 is 11.8 Å². The molecule has 2 heteroatoms. The fraction of sp³-hybridized carbons (Fsp3) is 0.500. The average molecular weight is 222 g/mol. The summed E-state index contributed by atoms with van der Waals surface area (Å²) in [6.45, 7) is 5.08. The van der Waals surface area contributed by atoms with Crippen LogP contribution in [-0.4, -0.2) is 12.9 Å². The van der Waals surface area contributed by atoms with Crippen molar-refractivity contribution in [3.05, 3.63) is 30.3 Å². The topological polar surface area (TPSA) is 0 Å². The average Bonchev–Trinajstić information content (AvgIpc) is 2.48. The highest BCUT2D eigenvalue weighted by molar-refractivity contribution is 8.01. The molecule has 0 spiro atoms. The van der Waals surface area contributed by atoms with Crippen LogP contribution in [0.2, 0.25) is 19.1 Å². The van der Waals surface area contributed by atoms with E-state index >= 15 is 0 Å². The Morgan fingerprint density at radius 3 is 2.50 bits per heavy atom. The van der Waals surface area contributed by atoms with Gasteiger partial charge in [-0.05, 0) is 18.6 Å². The minimum atomic E-state index is -0.889. The number of hydrogen-bond donors (Lipinski definition) is 0. The van der Waals surface area contributed by atoms with E-state index in [0.29, 0.717) is 0 Å². The largest absolute Gasteiger partial charge is 0.126 e. The molecule has 0 saturated carbocycles. The van der Waals surface area contributed by atoms with Crippen molar-refractivity contribution in [2.24, 2.45) is 0 Å². The second-order valence-corrected chi connectivity index (χ2v) is 11.7. The van der Waals surface area contributed by atoms with Crippen molar-refractivity contribution in [2.45, 2.75) is 41.7 Å². The van der Waals surface area contributed by atoms with Crippen LogP contribution in [-0.2, 0) is 0 Å². The molecule has 1 saturated heterocycles. The highest BCUT2D eigenvalue weighted by Crippen LogP contribution is 2.40. The van der Waals surface area contributed by atoms with E-state index in [-0.39, 0.29) is 0 Å². The molecule has 0 nitrogen and oxygen atoms in total. The summed E-state index contributed by atoms with van der Waals surface area (Å²) in [7, 11) is -0.889. The highest BCUT2D eigenvalue weighted by Gasteiger charge is 2.36. The van der Waals surface area contributed by atoms with Crippen molar-refractivity contribution in [1.82, 2.24) is 0 Å². The Labute approximate surface area is 92.1 Å². The molecule has 0 radical (unpaired) electrons. The second kappa shape index (κ2) is 4.11. The van der Waals surface area contributed by atoms with E-state index in [2.05, 4.69) is 55.2 Å². The predicted molar refractivity (Wildman–Crippen MR) is 67.6 cm³/mol. The molecule has 1 aromatic carbocycles. The Balaban J connectivity index is 2.05. The summed E-state index contributed by atoms with van der Waals surface area (Å²) >= 11 is 2.12. The van der Waals surface area contributed by atoms with Gasteiger partial charge in [0.15, 0.2) is 0 Å². The van der Waals surface area contributed by atoms with Crippen molar-refractivity contribution in [3.63, 3.8) is 0 Å². The molecular weight excluding hydrogens is 204 g/mol. The van der Waals surface area contributed by atoms with Crippen LogP contribution in [0.3, 0.4) is 0 Å². The van der Waals surface area contributed by atoms with E-state index in [1.807, 2.05) is 0 Å². The number of thioether (sulfide) groups is 1.